The third kappa shape index (κ3) is 3.47. The van der Waals surface area contributed by atoms with E-state index in [9.17, 15) is 9.59 Å². The molecule has 1 aromatic carbocycles. The van der Waals surface area contributed by atoms with Gasteiger partial charge < -0.3 is 9.84 Å². The fraction of sp³-hybridized carbons (Fsp3) is 0.267. The zero-order valence-electron chi connectivity index (χ0n) is 12.0. The second kappa shape index (κ2) is 5.40. The number of hydrogen-bond acceptors (Lipinski definition) is 4. The van der Waals surface area contributed by atoms with Crippen LogP contribution in [0.4, 0.5) is 0 Å². The minimum absolute atomic E-state index is 0.0773. The molecule has 0 saturated carbocycles. The van der Waals surface area contributed by atoms with E-state index in [0.717, 1.165) is 0 Å². The van der Waals surface area contributed by atoms with Crippen LogP contribution in [-0.2, 0) is 4.74 Å². The number of aromatic nitrogens is 2. The summed E-state index contributed by atoms with van der Waals surface area (Å²) in [7, 11) is 0. The van der Waals surface area contributed by atoms with Crippen LogP contribution in [0.1, 0.15) is 41.7 Å². The summed E-state index contributed by atoms with van der Waals surface area (Å²) in [5.74, 6) is -1.82. The molecule has 6 heteroatoms. The Morgan fingerprint density at radius 3 is 2.33 bits per heavy atom. The van der Waals surface area contributed by atoms with Gasteiger partial charge in [-0.1, -0.05) is 18.2 Å². The fourth-order valence-corrected chi connectivity index (χ4v) is 1.73. The predicted octanol–water partition coefficient (Wildman–Crippen LogP) is 2.53. The molecule has 0 atom stereocenters. The van der Waals surface area contributed by atoms with Gasteiger partial charge in [-0.15, -0.1) is 0 Å². The Hall–Kier alpha value is -2.63. The van der Waals surface area contributed by atoms with Crippen molar-refractivity contribution in [1.82, 2.24) is 9.78 Å². The number of carboxylic acids is 1. The zero-order chi connectivity index (χ0) is 15.6. The van der Waals surface area contributed by atoms with Crippen molar-refractivity contribution in [3.8, 4) is 5.69 Å². The van der Waals surface area contributed by atoms with Crippen LogP contribution in [0.25, 0.3) is 5.69 Å². The molecule has 1 heterocycles. The SMILES string of the molecule is CC(C)(C)OC(=O)c1cc(C(=O)O)nn1-c1ccccc1. The summed E-state index contributed by atoms with van der Waals surface area (Å²) in [6, 6.07) is 10.0. The molecule has 21 heavy (non-hydrogen) atoms. The van der Waals surface area contributed by atoms with Gasteiger partial charge in [0, 0.05) is 6.07 Å². The van der Waals surface area contributed by atoms with Gasteiger partial charge in [0.2, 0.25) is 0 Å². The van der Waals surface area contributed by atoms with Gasteiger partial charge in [0.05, 0.1) is 5.69 Å². The quantitative estimate of drug-likeness (QED) is 0.878. The Bertz CT molecular complexity index is 669. The van der Waals surface area contributed by atoms with Crippen LogP contribution >= 0.6 is 0 Å². The predicted molar refractivity (Wildman–Crippen MR) is 75.7 cm³/mol. The van der Waals surface area contributed by atoms with Crippen molar-refractivity contribution in [3.63, 3.8) is 0 Å². The summed E-state index contributed by atoms with van der Waals surface area (Å²) < 4.78 is 6.56. The average Bonchev–Trinajstić information content (AvgIpc) is 2.83. The Balaban J connectivity index is 2.49. The van der Waals surface area contributed by atoms with Gasteiger partial charge in [-0.3, -0.25) is 0 Å². The molecule has 0 unspecified atom stereocenters. The third-order valence-electron chi connectivity index (χ3n) is 2.54. The average molecular weight is 288 g/mol. The van der Waals surface area contributed by atoms with E-state index in [1.165, 1.54) is 10.7 Å². The van der Waals surface area contributed by atoms with E-state index < -0.39 is 17.5 Å². The van der Waals surface area contributed by atoms with E-state index in [2.05, 4.69) is 5.10 Å². The van der Waals surface area contributed by atoms with Gasteiger partial charge in [-0.2, -0.15) is 5.10 Å². The third-order valence-corrected chi connectivity index (χ3v) is 2.54. The van der Waals surface area contributed by atoms with E-state index in [0.29, 0.717) is 5.69 Å². The Morgan fingerprint density at radius 1 is 1.19 bits per heavy atom. The summed E-state index contributed by atoms with van der Waals surface area (Å²) in [5, 5.41) is 13.0. The smallest absolute Gasteiger partial charge is 0.357 e. The largest absolute Gasteiger partial charge is 0.476 e. The first-order valence-electron chi connectivity index (χ1n) is 6.40. The molecule has 6 nitrogen and oxygen atoms in total. The van der Waals surface area contributed by atoms with E-state index >= 15 is 0 Å². The van der Waals surface area contributed by atoms with E-state index in [1.54, 1.807) is 45.0 Å². The molecule has 110 valence electrons. The van der Waals surface area contributed by atoms with Gasteiger partial charge in [0.15, 0.2) is 11.4 Å². The molecule has 0 amide bonds. The number of carbonyl (C=O) groups excluding carboxylic acids is 1. The Labute approximate surface area is 122 Å². The highest BCUT2D eigenvalue weighted by molar-refractivity contribution is 5.93. The number of para-hydroxylation sites is 1. The van der Waals surface area contributed by atoms with Crippen molar-refractivity contribution in [2.45, 2.75) is 26.4 Å². The Morgan fingerprint density at radius 2 is 1.81 bits per heavy atom. The summed E-state index contributed by atoms with van der Waals surface area (Å²) in [6.07, 6.45) is 0. The molecule has 0 radical (unpaired) electrons. The molecule has 0 spiro atoms. The zero-order valence-corrected chi connectivity index (χ0v) is 12.0. The number of ether oxygens (including phenoxy) is 1. The first-order chi connectivity index (χ1) is 9.78. The molecule has 2 aromatic rings. The monoisotopic (exact) mass is 288 g/mol. The lowest BCUT2D eigenvalue weighted by molar-refractivity contribution is 0.00593. The molecule has 0 fully saturated rings. The van der Waals surface area contributed by atoms with Gasteiger partial charge in [0.25, 0.3) is 0 Å². The minimum atomic E-state index is -1.20. The van der Waals surface area contributed by atoms with Gasteiger partial charge >= 0.3 is 11.9 Å². The number of esters is 1. The van der Waals surface area contributed by atoms with E-state index in [1.807, 2.05) is 6.07 Å². The van der Waals surface area contributed by atoms with Crippen LogP contribution in [0, 0.1) is 0 Å². The minimum Gasteiger partial charge on any atom is -0.476 e. The normalized spacial score (nSPS) is 11.2. The number of carbonyl (C=O) groups is 2. The van der Waals surface area contributed by atoms with Crippen LogP contribution < -0.4 is 0 Å². The first kappa shape index (κ1) is 14.8. The van der Waals surface area contributed by atoms with Crippen molar-refractivity contribution in [2.75, 3.05) is 0 Å². The summed E-state index contributed by atoms with van der Waals surface area (Å²) >= 11 is 0. The summed E-state index contributed by atoms with van der Waals surface area (Å²) in [4.78, 5) is 23.3. The highest BCUT2D eigenvalue weighted by Crippen LogP contribution is 2.17. The van der Waals surface area contributed by atoms with Crippen molar-refractivity contribution >= 4 is 11.9 Å². The van der Waals surface area contributed by atoms with Crippen molar-refractivity contribution < 1.29 is 19.4 Å². The number of hydrogen-bond donors (Lipinski definition) is 1. The summed E-state index contributed by atoms with van der Waals surface area (Å²) in [5.41, 5.74) is -0.217. The number of rotatable bonds is 3. The second-order valence-corrected chi connectivity index (χ2v) is 5.47. The lowest BCUT2D eigenvalue weighted by Crippen LogP contribution is -2.25. The summed E-state index contributed by atoms with van der Waals surface area (Å²) in [6.45, 7) is 5.23. The van der Waals surface area contributed by atoms with Crippen LogP contribution in [-0.4, -0.2) is 32.4 Å². The highest BCUT2D eigenvalue weighted by atomic mass is 16.6. The van der Waals surface area contributed by atoms with E-state index in [4.69, 9.17) is 9.84 Å². The Kier molecular flexibility index (Phi) is 3.80. The molecule has 0 aliphatic rings. The van der Waals surface area contributed by atoms with Crippen LogP contribution in [0.3, 0.4) is 0 Å². The maximum Gasteiger partial charge on any atom is 0.357 e. The molecular formula is C15H16N2O4. The molecule has 0 aliphatic heterocycles. The number of benzene rings is 1. The number of aromatic carboxylic acids is 1. The molecule has 2 rings (SSSR count). The number of nitrogens with zero attached hydrogens (tertiary/aromatic N) is 2. The fourth-order valence-electron chi connectivity index (χ4n) is 1.73. The van der Waals surface area contributed by atoms with Crippen LogP contribution in [0.15, 0.2) is 36.4 Å². The van der Waals surface area contributed by atoms with E-state index in [-0.39, 0.29) is 11.4 Å². The lowest BCUT2D eigenvalue weighted by Gasteiger charge is -2.19. The van der Waals surface area contributed by atoms with Crippen LogP contribution in [0.2, 0.25) is 0 Å². The lowest BCUT2D eigenvalue weighted by atomic mass is 10.2. The maximum absolute atomic E-state index is 12.2. The van der Waals surface area contributed by atoms with Gasteiger partial charge in [-0.25, -0.2) is 14.3 Å². The topological polar surface area (TPSA) is 81.4 Å². The second-order valence-electron chi connectivity index (χ2n) is 5.47. The maximum atomic E-state index is 12.2. The highest BCUT2D eigenvalue weighted by Gasteiger charge is 2.24. The van der Waals surface area contributed by atoms with Gasteiger partial charge in [-0.05, 0) is 32.9 Å². The standard InChI is InChI=1S/C15H16N2O4/c1-15(2,3)21-14(20)12-9-11(13(18)19)16-17(12)10-7-5-4-6-8-10/h4-9H,1-3H3,(H,18,19). The molecule has 0 bridgehead atoms. The van der Waals surface area contributed by atoms with Crippen molar-refractivity contribution in [3.05, 3.63) is 47.8 Å². The van der Waals surface area contributed by atoms with Gasteiger partial charge in [0.1, 0.15) is 5.60 Å². The van der Waals surface area contributed by atoms with Crippen molar-refractivity contribution in [2.24, 2.45) is 0 Å². The molecule has 1 aromatic heterocycles. The van der Waals surface area contributed by atoms with Crippen molar-refractivity contribution in [1.29, 1.82) is 0 Å². The first-order valence-corrected chi connectivity index (χ1v) is 6.40. The van der Waals surface area contributed by atoms with Crippen LogP contribution in [0.5, 0.6) is 0 Å². The molecule has 0 aliphatic carbocycles. The number of carboxylic acid groups (broad SMARTS) is 1. The molecule has 0 saturated heterocycles. The molecular weight excluding hydrogens is 272 g/mol. The molecule has 1 N–H and O–H groups in total.